The Labute approximate surface area is 169 Å². The minimum absolute atomic E-state index is 0.0482. The summed E-state index contributed by atoms with van der Waals surface area (Å²) in [5.74, 6) is 0.196. The fourth-order valence-corrected chi connectivity index (χ4v) is 5.08. The van der Waals surface area contributed by atoms with Gasteiger partial charge < -0.3 is 20.0 Å². The average Bonchev–Trinajstić information content (AvgIpc) is 3.45. The number of carbonyl (C=O) groups excluding carboxylic acids is 1. The first-order valence-corrected chi connectivity index (χ1v) is 10.4. The molecule has 0 saturated carbocycles. The van der Waals surface area contributed by atoms with E-state index in [4.69, 9.17) is 0 Å². The molecule has 4 aromatic heterocycles. The molecular weight excluding hydrogens is 390 g/mol. The fraction of sp³-hybridized carbons (Fsp3) is 0.350. The van der Waals surface area contributed by atoms with Crippen LogP contribution >= 0.6 is 11.3 Å². The minimum atomic E-state index is -0.180. The second kappa shape index (κ2) is 6.85. The lowest BCUT2D eigenvalue weighted by molar-refractivity contribution is 0.0627. The number of rotatable bonds is 3. The molecule has 1 aliphatic rings. The highest BCUT2D eigenvalue weighted by Gasteiger charge is 2.33. The van der Waals surface area contributed by atoms with E-state index in [9.17, 15) is 14.7 Å². The molecular formula is C20H21N5O3S. The minimum Gasteiger partial charge on any atom is -0.391 e. The number of piperidine rings is 1. The van der Waals surface area contributed by atoms with Crippen LogP contribution in [0.3, 0.4) is 0 Å². The number of aliphatic hydroxyl groups is 1. The largest absolute Gasteiger partial charge is 0.391 e. The number of H-pyrrole nitrogens is 2. The van der Waals surface area contributed by atoms with Gasteiger partial charge in [-0.2, -0.15) is 0 Å². The van der Waals surface area contributed by atoms with Crippen LogP contribution in [-0.2, 0) is 6.61 Å². The number of thiophene rings is 1. The lowest BCUT2D eigenvalue weighted by Gasteiger charge is -2.37. The topological polar surface area (TPSA) is 107 Å². The first-order valence-electron chi connectivity index (χ1n) is 9.62. The molecule has 1 aliphatic heterocycles. The van der Waals surface area contributed by atoms with Crippen LogP contribution in [0.25, 0.3) is 22.1 Å². The molecule has 5 heterocycles. The quantitative estimate of drug-likeness (QED) is 0.481. The Balaban J connectivity index is 1.55. The summed E-state index contributed by atoms with van der Waals surface area (Å²) in [6.07, 6.45) is 4.30. The SMILES string of the molecule is C[C@@H]1CCN(C(=O)c2ccc(CO)s2)C[C@@H]1n1c(=O)[nH]c2cnc3[nH]ccc3c21. The van der Waals surface area contributed by atoms with Crippen molar-refractivity contribution in [2.45, 2.75) is 26.0 Å². The zero-order chi connectivity index (χ0) is 20.1. The van der Waals surface area contributed by atoms with Crippen molar-refractivity contribution in [2.24, 2.45) is 5.92 Å². The van der Waals surface area contributed by atoms with Gasteiger partial charge >= 0.3 is 5.69 Å². The van der Waals surface area contributed by atoms with Crippen LogP contribution in [0.2, 0.25) is 0 Å². The number of fused-ring (bicyclic) bond motifs is 3. The van der Waals surface area contributed by atoms with Crippen LogP contribution in [0.5, 0.6) is 0 Å². The maximum atomic E-state index is 13.0. The first-order chi connectivity index (χ1) is 14.1. The van der Waals surface area contributed by atoms with Crippen LogP contribution in [0.1, 0.15) is 33.9 Å². The molecule has 9 heteroatoms. The summed E-state index contributed by atoms with van der Waals surface area (Å²) in [6, 6.07) is 5.33. The van der Waals surface area contributed by atoms with Crippen LogP contribution in [0.15, 0.2) is 35.4 Å². The number of nitrogens with zero attached hydrogens (tertiary/aromatic N) is 3. The molecule has 2 atom stereocenters. The summed E-state index contributed by atoms with van der Waals surface area (Å²) in [7, 11) is 0. The average molecular weight is 411 g/mol. The van der Waals surface area contributed by atoms with E-state index in [1.54, 1.807) is 22.9 Å². The summed E-state index contributed by atoms with van der Waals surface area (Å²) in [5.41, 5.74) is 2.08. The van der Waals surface area contributed by atoms with E-state index < -0.39 is 0 Å². The highest BCUT2D eigenvalue weighted by molar-refractivity contribution is 7.14. The van der Waals surface area contributed by atoms with Gasteiger partial charge in [0.25, 0.3) is 5.91 Å². The standard InChI is InChI=1S/C20H21N5O3S/c1-11-5-7-24(19(27)16-3-2-12(10-26)29-16)9-15(11)25-17-13-4-6-21-18(13)22-8-14(17)23-20(25)28/h2-4,6,8,11,15,26H,5,7,9-10H2,1H3,(H,21,22)(H,23,28)/t11-,15+/m1/s1. The molecule has 0 unspecified atom stereocenters. The third-order valence-electron chi connectivity index (χ3n) is 5.83. The summed E-state index contributed by atoms with van der Waals surface area (Å²) in [5, 5.41) is 10.2. The predicted molar refractivity (Wildman–Crippen MR) is 111 cm³/mol. The van der Waals surface area contributed by atoms with Crippen molar-refractivity contribution < 1.29 is 9.90 Å². The van der Waals surface area contributed by atoms with Crippen LogP contribution < -0.4 is 5.69 Å². The third-order valence-corrected chi connectivity index (χ3v) is 6.88. The van der Waals surface area contributed by atoms with E-state index in [1.807, 2.05) is 17.2 Å². The van der Waals surface area contributed by atoms with Crippen molar-refractivity contribution in [3.05, 3.63) is 50.8 Å². The second-order valence-electron chi connectivity index (χ2n) is 7.57. The molecule has 0 spiro atoms. The normalized spacial score (nSPS) is 20.0. The predicted octanol–water partition coefficient (Wildman–Crippen LogP) is 2.48. The van der Waals surface area contributed by atoms with E-state index in [2.05, 4.69) is 21.9 Å². The smallest absolute Gasteiger partial charge is 0.326 e. The van der Waals surface area contributed by atoms with Crippen LogP contribution in [0.4, 0.5) is 0 Å². The Morgan fingerprint density at radius 2 is 2.24 bits per heavy atom. The van der Waals surface area contributed by atoms with Gasteiger partial charge in [-0.25, -0.2) is 9.78 Å². The lowest BCUT2D eigenvalue weighted by atomic mass is 9.93. The molecule has 5 rings (SSSR count). The zero-order valence-corrected chi connectivity index (χ0v) is 16.7. The second-order valence-corrected chi connectivity index (χ2v) is 8.74. The van der Waals surface area contributed by atoms with E-state index in [0.29, 0.717) is 23.5 Å². The summed E-state index contributed by atoms with van der Waals surface area (Å²) in [4.78, 5) is 39.5. The number of aromatic nitrogens is 4. The number of carbonyl (C=O) groups is 1. The highest BCUT2D eigenvalue weighted by atomic mass is 32.1. The summed E-state index contributed by atoms with van der Waals surface area (Å²) < 4.78 is 1.80. The van der Waals surface area contributed by atoms with Crippen LogP contribution in [0, 0.1) is 5.92 Å². The molecule has 0 aromatic carbocycles. The number of aliphatic hydroxyl groups excluding tert-OH is 1. The van der Waals surface area contributed by atoms with Gasteiger partial charge in [-0.15, -0.1) is 11.3 Å². The lowest BCUT2D eigenvalue weighted by Crippen LogP contribution is -2.45. The molecule has 1 fully saturated rings. The molecule has 4 aromatic rings. The van der Waals surface area contributed by atoms with Gasteiger partial charge in [0.2, 0.25) is 0 Å². The molecule has 29 heavy (non-hydrogen) atoms. The number of aromatic amines is 2. The van der Waals surface area contributed by atoms with E-state index >= 15 is 0 Å². The number of hydrogen-bond acceptors (Lipinski definition) is 5. The van der Waals surface area contributed by atoms with Gasteiger partial charge in [0.15, 0.2) is 0 Å². The van der Waals surface area contributed by atoms with Crippen molar-refractivity contribution in [3.8, 4) is 0 Å². The van der Waals surface area contributed by atoms with Crippen molar-refractivity contribution >= 4 is 39.3 Å². The fourth-order valence-electron chi connectivity index (χ4n) is 4.24. The van der Waals surface area contributed by atoms with Gasteiger partial charge in [0.05, 0.1) is 34.8 Å². The number of pyridine rings is 1. The Morgan fingerprint density at radius 1 is 1.38 bits per heavy atom. The number of imidazole rings is 1. The van der Waals surface area contributed by atoms with Crippen molar-refractivity contribution in [1.82, 2.24) is 24.4 Å². The molecule has 8 nitrogen and oxygen atoms in total. The first kappa shape index (κ1) is 18.1. The molecule has 0 bridgehead atoms. The maximum absolute atomic E-state index is 13.0. The number of nitrogens with one attached hydrogen (secondary N) is 2. The zero-order valence-electron chi connectivity index (χ0n) is 15.9. The molecule has 0 aliphatic carbocycles. The van der Waals surface area contributed by atoms with Gasteiger partial charge in [-0.3, -0.25) is 9.36 Å². The highest BCUT2D eigenvalue weighted by Crippen LogP contribution is 2.32. The van der Waals surface area contributed by atoms with Crippen LogP contribution in [-0.4, -0.2) is 48.5 Å². The summed E-state index contributed by atoms with van der Waals surface area (Å²) >= 11 is 1.31. The van der Waals surface area contributed by atoms with E-state index in [0.717, 1.165) is 27.8 Å². The number of likely N-dealkylation sites (tertiary alicyclic amines) is 1. The molecule has 1 saturated heterocycles. The van der Waals surface area contributed by atoms with Gasteiger partial charge in [0.1, 0.15) is 5.65 Å². The third kappa shape index (κ3) is 2.89. The van der Waals surface area contributed by atoms with Crippen molar-refractivity contribution in [2.75, 3.05) is 13.1 Å². The molecule has 150 valence electrons. The van der Waals surface area contributed by atoms with E-state index in [1.165, 1.54) is 11.3 Å². The van der Waals surface area contributed by atoms with Gasteiger partial charge in [-0.1, -0.05) is 6.92 Å². The number of hydrogen-bond donors (Lipinski definition) is 3. The monoisotopic (exact) mass is 411 g/mol. The number of amides is 1. The maximum Gasteiger partial charge on any atom is 0.326 e. The Kier molecular flexibility index (Phi) is 4.29. The van der Waals surface area contributed by atoms with Gasteiger partial charge in [0, 0.05) is 29.5 Å². The Morgan fingerprint density at radius 3 is 3.03 bits per heavy atom. The summed E-state index contributed by atoms with van der Waals surface area (Å²) in [6.45, 7) is 3.18. The Bertz CT molecular complexity index is 1270. The van der Waals surface area contributed by atoms with Crippen molar-refractivity contribution in [3.63, 3.8) is 0 Å². The Hall–Kier alpha value is -2.91. The molecule has 0 radical (unpaired) electrons. The molecule has 1 amide bonds. The molecule has 3 N–H and O–H groups in total. The van der Waals surface area contributed by atoms with Gasteiger partial charge in [-0.05, 0) is 30.5 Å². The van der Waals surface area contributed by atoms with Crippen molar-refractivity contribution in [1.29, 1.82) is 0 Å². The van der Waals surface area contributed by atoms with E-state index in [-0.39, 0.29) is 30.2 Å².